The molecule has 0 aliphatic carbocycles. The molecule has 2 aromatic carbocycles. The predicted octanol–water partition coefficient (Wildman–Crippen LogP) is 3.83. The summed E-state index contributed by atoms with van der Waals surface area (Å²) in [6, 6.07) is 9.59. The maximum Gasteiger partial charge on any atom is 0.416 e. The van der Waals surface area contributed by atoms with Crippen molar-refractivity contribution >= 4 is 11.6 Å². The first-order chi connectivity index (χ1) is 12.8. The fourth-order valence-electron chi connectivity index (χ4n) is 2.34. The number of carbonyl (C=O) groups excluding carboxylic acids is 1. The van der Waals surface area contributed by atoms with Gasteiger partial charge in [0.2, 0.25) is 0 Å². The van der Waals surface area contributed by atoms with E-state index in [1.165, 1.54) is 6.07 Å². The van der Waals surface area contributed by atoms with Crippen LogP contribution in [0.5, 0.6) is 5.75 Å². The maximum absolute atomic E-state index is 13.0. The Bertz CT molecular complexity index is 762. The number of nitrogens with two attached hydrogens (primary N) is 1. The number of halogens is 3. The number of anilines is 1. The summed E-state index contributed by atoms with van der Waals surface area (Å²) >= 11 is 0. The Morgan fingerprint density at radius 1 is 1.11 bits per heavy atom. The van der Waals surface area contributed by atoms with Crippen LogP contribution in [0, 0.1) is 0 Å². The Morgan fingerprint density at radius 2 is 1.81 bits per heavy atom. The first-order valence-electron chi connectivity index (χ1n) is 8.28. The summed E-state index contributed by atoms with van der Waals surface area (Å²) in [6.45, 7) is 0.996. The molecule has 0 atom stereocenters. The van der Waals surface area contributed by atoms with Gasteiger partial charge in [-0.1, -0.05) is 0 Å². The topological polar surface area (TPSA) is 73.6 Å². The molecule has 0 saturated carbocycles. The standard InChI is InChI=1S/C19H21F3N2O3/c1-26-7-2-8-27-17-5-3-14(4-6-17)18(25)24-16-10-13(12-23)9-15(11-16)19(20,21)22/h3-6,9-11H,2,7-8,12,23H2,1H3,(H,24,25). The Morgan fingerprint density at radius 3 is 2.41 bits per heavy atom. The van der Waals surface area contributed by atoms with Crippen LogP contribution in [-0.2, 0) is 17.5 Å². The highest BCUT2D eigenvalue weighted by molar-refractivity contribution is 6.04. The van der Waals surface area contributed by atoms with Gasteiger partial charge in [0.1, 0.15) is 5.75 Å². The molecule has 146 valence electrons. The van der Waals surface area contributed by atoms with E-state index in [0.717, 1.165) is 18.6 Å². The highest BCUT2D eigenvalue weighted by Gasteiger charge is 2.31. The van der Waals surface area contributed by atoms with Gasteiger partial charge in [0.15, 0.2) is 0 Å². The Hall–Kier alpha value is -2.58. The van der Waals surface area contributed by atoms with E-state index in [0.29, 0.717) is 24.5 Å². The lowest BCUT2D eigenvalue weighted by molar-refractivity contribution is -0.137. The summed E-state index contributed by atoms with van der Waals surface area (Å²) in [7, 11) is 1.61. The zero-order chi connectivity index (χ0) is 19.9. The second-order valence-electron chi connectivity index (χ2n) is 5.79. The van der Waals surface area contributed by atoms with E-state index in [9.17, 15) is 18.0 Å². The van der Waals surface area contributed by atoms with Crippen molar-refractivity contribution in [3.05, 3.63) is 59.2 Å². The van der Waals surface area contributed by atoms with Crippen LogP contribution in [0.25, 0.3) is 0 Å². The zero-order valence-electron chi connectivity index (χ0n) is 14.8. The lowest BCUT2D eigenvalue weighted by Gasteiger charge is -2.13. The number of methoxy groups -OCH3 is 1. The van der Waals surface area contributed by atoms with Gasteiger partial charge in [-0.15, -0.1) is 0 Å². The van der Waals surface area contributed by atoms with Crippen LogP contribution in [0.15, 0.2) is 42.5 Å². The Kier molecular flexibility index (Phi) is 7.20. The van der Waals surface area contributed by atoms with Crippen molar-refractivity contribution in [1.82, 2.24) is 0 Å². The molecule has 3 N–H and O–H groups in total. The molecule has 0 fully saturated rings. The molecule has 27 heavy (non-hydrogen) atoms. The monoisotopic (exact) mass is 382 g/mol. The molecular weight excluding hydrogens is 361 g/mol. The lowest BCUT2D eigenvalue weighted by atomic mass is 10.1. The molecule has 5 nitrogen and oxygen atoms in total. The van der Waals surface area contributed by atoms with E-state index < -0.39 is 17.6 Å². The molecule has 1 amide bonds. The average Bonchev–Trinajstić information content (AvgIpc) is 2.64. The summed E-state index contributed by atoms with van der Waals surface area (Å²) in [6.07, 6.45) is -3.79. The number of benzene rings is 2. The number of alkyl halides is 3. The molecule has 0 bridgehead atoms. The van der Waals surface area contributed by atoms with Gasteiger partial charge in [0.05, 0.1) is 12.2 Å². The minimum Gasteiger partial charge on any atom is -0.494 e. The first-order valence-corrected chi connectivity index (χ1v) is 8.28. The first kappa shape index (κ1) is 20.7. The third-order valence-corrected chi connectivity index (χ3v) is 3.69. The molecule has 0 heterocycles. The van der Waals surface area contributed by atoms with Gasteiger partial charge in [-0.05, 0) is 48.0 Å². The molecule has 0 spiro atoms. The highest BCUT2D eigenvalue weighted by Crippen LogP contribution is 2.32. The van der Waals surface area contributed by atoms with E-state index in [2.05, 4.69) is 5.32 Å². The molecule has 2 aromatic rings. The van der Waals surface area contributed by atoms with Gasteiger partial charge < -0.3 is 20.5 Å². The summed E-state index contributed by atoms with van der Waals surface area (Å²) in [5.74, 6) is 0.0652. The van der Waals surface area contributed by atoms with E-state index in [-0.39, 0.29) is 17.8 Å². The smallest absolute Gasteiger partial charge is 0.416 e. The van der Waals surface area contributed by atoms with Crippen LogP contribution in [0.4, 0.5) is 18.9 Å². The van der Waals surface area contributed by atoms with Crippen LogP contribution >= 0.6 is 0 Å². The van der Waals surface area contributed by atoms with Crippen molar-refractivity contribution in [2.45, 2.75) is 19.1 Å². The summed E-state index contributed by atoms with van der Waals surface area (Å²) in [5.41, 5.74) is 5.20. The second kappa shape index (κ2) is 9.38. The quantitative estimate of drug-likeness (QED) is 0.681. The number of ether oxygens (including phenoxy) is 2. The number of hydrogen-bond acceptors (Lipinski definition) is 4. The molecule has 2 rings (SSSR count). The van der Waals surface area contributed by atoms with Gasteiger partial charge in [-0.2, -0.15) is 13.2 Å². The SMILES string of the molecule is COCCCOc1ccc(C(=O)Nc2cc(CN)cc(C(F)(F)F)c2)cc1. The molecule has 0 aliphatic heterocycles. The highest BCUT2D eigenvalue weighted by atomic mass is 19.4. The van der Waals surface area contributed by atoms with Crippen LogP contribution in [0.2, 0.25) is 0 Å². The third kappa shape index (κ3) is 6.26. The number of hydrogen-bond donors (Lipinski definition) is 2. The van der Waals surface area contributed by atoms with Gasteiger partial charge in [0.25, 0.3) is 5.91 Å². The summed E-state index contributed by atoms with van der Waals surface area (Å²) in [4.78, 5) is 12.3. The van der Waals surface area contributed by atoms with Crippen molar-refractivity contribution in [3.8, 4) is 5.75 Å². The van der Waals surface area contributed by atoms with E-state index in [4.69, 9.17) is 15.2 Å². The van der Waals surface area contributed by atoms with Crippen molar-refractivity contribution in [1.29, 1.82) is 0 Å². The minimum atomic E-state index is -4.52. The number of nitrogens with one attached hydrogen (secondary N) is 1. The molecule has 8 heteroatoms. The normalized spacial score (nSPS) is 11.3. The Balaban J connectivity index is 2.06. The molecule has 0 radical (unpaired) electrons. The van der Waals surface area contributed by atoms with E-state index in [1.54, 1.807) is 31.4 Å². The van der Waals surface area contributed by atoms with Gasteiger partial charge in [-0.3, -0.25) is 4.79 Å². The second-order valence-corrected chi connectivity index (χ2v) is 5.79. The number of amides is 1. The van der Waals surface area contributed by atoms with E-state index >= 15 is 0 Å². The molecule has 0 unspecified atom stereocenters. The Labute approximate surface area is 155 Å². The van der Waals surface area contributed by atoms with Gasteiger partial charge >= 0.3 is 6.18 Å². The van der Waals surface area contributed by atoms with Crippen molar-refractivity contribution in [3.63, 3.8) is 0 Å². The fraction of sp³-hybridized carbons (Fsp3) is 0.316. The van der Waals surface area contributed by atoms with Crippen LogP contribution in [-0.4, -0.2) is 26.2 Å². The summed E-state index contributed by atoms with van der Waals surface area (Å²) < 4.78 is 49.3. The number of carbonyl (C=O) groups is 1. The average molecular weight is 382 g/mol. The maximum atomic E-state index is 13.0. The van der Waals surface area contributed by atoms with E-state index in [1.807, 2.05) is 0 Å². The predicted molar refractivity (Wildman–Crippen MR) is 95.7 cm³/mol. The molecule has 0 saturated heterocycles. The zero-order valence-corrected chi connectivity index (χ0v) is 14.8. The van der Waals surface area contributed by atoms with Gasteiger partial charge in [-0.25, -0.2) is 0 Å². The van der Waals surface area contributed by atoms with Crippen molar-refractivity contribution < 1.29 is 27.4 Å². The lowest BCUT2D eigenvalue weighted by Crippen LogP contribution is -2.14. The largest absolute Gasteiger partial charge is 0.494 e. The summed E-state index contributed by atoms with van der Waals surface area (Å²) in [5, 5.41) is 2.47. The van der Waals surface area contributed by atoms with Crippen LogP contribution < -0.4 is 15.8 Å². The third-order valence-electron chi connectivity index (χ3n) is 3.69. The molecule has 0 aromatic heterocycles. The molecule has 0 aliphatic rings. The van der Waals surface area contributed by atoms with Crippen molar-refractivity contribution in [2.75, 3.05) is 25.6 Å². The van der Waals surface area contributed by atoms with Crippen molar-refractivity contribution in [2.24, 2.45) is 5.73 Å². The number of rotatable bonds is 8. The van der Waals surface area contributed by atoms with Crippen LogP contribution in [0.3, 0.4) is 0 Å². The molecular formula is C19H21F3N2O3. The van der Waals surface area contributed by atoms with Crippen LogP contribution in [0.1, 0.15) is 27.9 Å². The fourth-order valence-corrected chi connectivity index (χ4v) is 2.34. The van der Waals surface area contributed by atoms with Gasteiger partial charge in [0, 0.05) is 37.9 Å². The minimum absolute atomic E-state index is 0.0372.